The topological polar surface area (TPSA) is 73.1 Å². The largest absolute Gasteiger partial charge is 0.497 e. The van der Waals surface area contributed by atoms with E-state index in [0.29, 0.717) is 18.2 Å². The minimum Gasteiger partial charge on any atom is -0.497 e. The SMILES string of the molecule is COc1cccc(NCc2nccc(N)n2)c1. The summed E-state index contributed by atoms with van der Waals surface area (Å²) >= 11 is 0. The predicted octanol–water partition coefficient (Wildman–Crippen LogP) is 1.68. The first-order chi connectivity index (χ1) is 8.28. The summed E-state index contributed by atoms with van der Waals surface area (Å²) in [5.74, 6) is 1.94. The maximum Gasteiger partial charge on any atom is 0.149 e. The number of methoxy groups -OCH3 is 1. The molecule has 0 unspecified atom stereocenters. The van der Waals surface area contributed by atoms with Crippen LogP contribution in [-0.2, 0) is 6.54 Å². The molecule has 0 fully saturated rings. The highest BCUT2D eigenvalue weighted by Crippen LogP contribution is 2.16. The van der Waals surface area contributed by atoms with Crippen molar-refractivity contribution in [2.75, 3.05) is 18.2 Å². The second kappa shape index (κ2) is 5.16. The van der Waals surface area contributed by atoms with Crippen molar-refractivity contribution in [1.82, 2.24) is 9.97 Å². The Labute approximate surface area is 99.7 Å². The molecule has 0 spiro atoms. The van der Waals surface area contributed by atoms with Crippen LogP contribution in [0.2, 0.25) is 0 Å². The summed E-state index contributed by atoms with van der Waals surface area (Å²) < 4.78 is 5.13. The van der Waals surface area contributed by atoms with Crippen LogP contribution in [0.3, 0.4) is 0 Å². The van der Waals surface area contributed by atoms with Gasteiger partial charge in [-0.05, 0) is 18.2 Å². The van der Waals surface area contributed by atoms with E-state index < -0.39 is 0 Å². The predicted molar refractivity (Wildman–Crippen MR) is 66.8 cm³/mol. The highest BCUT2D eigenvalue weighted by Gasteiger charge is 1.98. The van der Waals surface area contributed by atoms with Crippen molar-refractivity contribution in [1.29, 1.82) is 0 Å². The zero-order chi connectivity index (χ0) is 12.1. The van der Waals surface area contributed by atoms with Gasteiger partial charge in [0.15, 0.2) is 0 Å². The Morgan fingerprint density at radius 2 is 2.24 bits per heavy atom. The molecule has 0 amide bonds. The van der Waals surface area contributed by atoms with Gasteiger partial charge in [0.25, 0.3) is 0 Å². The van der Waals surface area contributed by atoms with Gasteiger partial charge in [0.05, 0.1) is 13.7 Å². The fourth-order valence-electron chi connectivity index (χ4n) is 1.41. The molecule has 0 bridgehead atoms. The summed E-state index contributed by atoms with van der Waals surface area (Å²) in [5, 5.41) is 3.20. The molecule has 0 aliphatic rings. The molecule has 0 atom stereocenters. The zero-order valence-electron chi connectivity index (χ0n) is 9.55. The first-order valence-corrected chi connectivity index (χ1v) is 5.23. The van der Waals surface area contributed by atoms with E-state index >= 15 is 0 Å². The van der Waals surface area contributed by atoms with Crippen LogP contribution in [-0.4, -0.2) is 17.1 Å². The summed E-state index contributed by atoms with van der Waals surface area (Å²) in [6.07, 6.45) is 1.64. The Bertz CT molecular complexity index is 501. The summed E-state index contributed by atoms with van der Waals surface area (Å²) in [4.78, 5) is 8.22. The third-order valence-corrected chi connectivity index (χ3v) is 2.25. The lowest BCUT2D eigenvalue weighted by Crippen LogP contribution is -2.05. The molecular weight excluding hydrogens is 216 g/mol. The van der Waals surface area contributed by atoms with Crippen molar-refractivity contribution in [3.05, 3.63) is 42.4 Å². The third kappa shape index (κ3) is 3.07. The number of hydrogen-bond acceptors (Lipinski definition) is 5. The normalized spacial score (nSPS) is 9.94. The number of nitrogen functional groups attached to an aromatic ring is 1. The molecule has 2 aromatic rings. The van der Waals surface area contributed by atoms with Crippen LogP contribution in [0.1, 0.15) is 5.82 Å². The van der Waals surface area contributed by atoms with Crippen molar-refractivity contribution in [2.24, 2.45) is 0 Å². The van der Waals surface area contributed by atoms with Crippen LogP contribution in [0.5, 0.6) is 5.75 Å². The molecule has 5 heteroatoms. The minimum atomic E-state index is 0.474. The number of hydrogen-bond donors (Lipinski definition) is 2. The smallest absolute Gasteiger partial charge is 0.149 e. The second-order valence-electron chi connectivity index (χ2n) is 3.48. The Hall–Kier alpha value is -2.30. The number of nitrogens with one attached hydrogen (secondary N) is 1. The number of anilines is 2. The van der Waals surface area contributed by atoms with E-state index in [9.17, 15) is 0 Å². The van der Waals surface area contributed by atoms with Crippen LogP contribution >= 0.6 is 0 Å². The average molecular weight is 230 g/mol. The first kappa shape index (κ1) is 11.2. The van der Waals surface area contributed by atoms with E-state index in [1.807, 2.05) is 24.3 Å². The molecule has 3 N–H and O–H groups in total. The van der Waals surface area contributed by atoms with Gasteiger partial charge in [0.1, 0.15) is 17.4 Å². The molecule has 0 aliphatic carbocycles. The lowest BCUT2D eigenvalue weighted by molar-refractivity contribution is 0.415. The maximum atomic E-state index is 5.57. The van der Waals surface area contributed by atoms with Crippen molar-refractivity contribution in [2.45, 2.75) is 6.54 Å². The Morgan fingerprint density at radius 1 is 1.35 bits per heavy atom. The van der Waals surface area contributed by atoms with Gasteiger partial charge in [0.2, 0.25) is 0 Å². The molecule has 1 aromatic heterocycles. The molecule has 88 valence electrons. The van der Waals surface area contributed by atoms with E-state index in [-0.39, 0.29) is 0 Å². The average Bonchev–Trinajstić information content (AvgIpc) is 2.37. The number of rotatable bonds is 4. The third-order valence-electron chi connectivity index (χ3n) is 2.25. The van der Waals surface area contributed by atoms with Gasteiger partial charge >= 0.3 is 0 Å². The molecule has 1 aromatic carbocycles. The molecule has 17 heavy (non-hydrogen) atoms. The summed E-state index contributed by atoms with van der Waals surface area (Å²) in [6, 6.07) is 9.33. The summed E-state index contributed by atoms with van der Waals surface area (Å²) in [7, 11) is 1.64. The summed E-state index contributed by atoms with van der Waals surface area (Å²) in [5.41, 5.74) is 6.53. The van der Waals surface area contributed by atoms with E-state index in [4.69, 9.17) is 10.5 Å². The molecule has 0 radical (unpaired) electrons. The van der Waals surface area contributed by atoms with Crippen LogP contribution in [0, 0.1) is 0 Å². The van der Waals surface area contributed by atoms with Gasteiger partial charge in [-0.25, -0.2) is 9.97 Å². The van der Waals surface area contributed by atoms with Crippen molar-refractivity contribution < 1.29 is 4.74 Å². The molecule has 0 saturated heterocycles. The molecule has 0 saturated carbocycles. The fourth-order valence-corrected chi connectivity index (χ4v) is 1.41. The number of nitrogens with two attached hydrogens (primary N) is 1. The van der Waals surface area contributed by atoms with Crippen molar-refractivity contribution >= 4 is 11.5 Å². The van der Waals surface area contributed by atoms with Gasteiger partial charge in [0, 0.05) is 18.0 Å². The van der Waals surface area contributed by atoms with Crippen LogP contribution < -0.4 is 15.8 Å². The summed E-state index contributed by atoms with van der Waals surface area (Å²) in [6.45, 7) is 0.526. The molecule has 0 aliphatic heterocycles. The van der Waals surface area contributed by atoms with Gasteiger partial charge in [-0.15, -0.1) is 0 Å². The van der Waals surface area contributed by atoms with E-state index in [1.54, 1.807) is 19.4 Å². The Kier molecular flexibility index (Phi) is 3.40. The zero-order valence-corrected chi connectivity index (χ0v) is 9.55. The molecular formula is C12H14N4O. The minimum absolute atomic E-state index is 0.474. The molecule has 1 heterocycles. The van der Waals surface area contributed by atoms with E-state index in [2.05, 4.69) is 15.3 Å². The number of aromatic nitrogens is 2. The van der Waals surface area contributed by atoms with Crippen LogP contribution in [0.25, 0.3) is 0 Å². The number of benzene rings is 1. The molecule has 2 rings (SSSR count). The van der Waals surface area contributed by atoms with Crippen LogP contribution in [0.4, 0.5) is 11.5 Å². The van der Waals surface area contributed by atoms with Gasteiger partial charge < -0.3 is 15.8 Å². The lowest BCUT2D eigenvalue weighted by atomic mass is 10.3. The van der Waals surface area contributed by atoms with Gasteiger partial charge in [-0.2, -0.15) is 0 Å². The number of ether oxygens (including phenoxy) is 1. The van der Waals surface area contributed by atoms with Gasteiger partial charge in [-0.1, -0.05) is 6.07 Å². The van der Waals surface area contributed by atoms with Crippen molar-refractivity contribution in [3.63, 3.8) is 0 Å². The van der Waals surface area contributed by atoms with E-state index in [1.165, 1.54) is 0 Å². The van der Waals surface area contributed by atoms with E-state index in [0.717, 1.165) is 11.4 Å². The highest BCUT2D eigenvalue weighted by molar-refractivity contribution is 5.48. The monoisotopic (exact) mass is 230 g/mol. The first-order valence-electron chi connectivity index (χ1n) is 5.23. The Balaban J connectivity index is 2.02. The maximum absolute atomic E-state index is 5.57. The van der Waals surface area contributed by atoms with Gasteiger partial charge in [-0.3, -0.25) is 0 Å². The standard InChI is InChI=1S/C12H14N4O/c1-17-10-4-2-3-9(7-10)15-8-12-14-6-5-11(13)16-12/h2-7,15H,8H2,1H3,(H2,13,14,16). The lowest BCUT2D eigenvalue weighted by Gasteiger charge is -2.07. The Morgan fingerprint density at radius 3 is 3.00 bits per heavy atom. The molecule has 5 nitrogen and oxygen atoms in total. The number of nitrogens with zero attached hydrogens (tertiary/aromatic N) is 2. The van der Waals surface area contributed by atoms with Crippen molar-refractivity contribution in [3.8, 4) is 5.75 Å². The van der Waals surface area contributed by atoms with Crippen LogP contribution in [0.15, 0.2) is 36.5 Å². The highest BCUT2D eigenvalue weighted by atomic mass is 16.5. The fraction of sp³-hybridized carbons (Fsp3) is 0.167. The quantitative estimate of drug-likeness (QED) is 0.836. The second-order valence-corrected chi connectivity index (χ2v) is 3.48.